The van der Waals surface area contributed by atoms with Crippen molar-refractivity contribution in [1.29, 1.82) is 0 Å². The van der Waals surface area contributed by atoms with Crippen molar-refractivity contribution in [3.05, 3.63) is 60.1 Å². The van der Waals surface area contributed by atoms with Gasteiger partial charge in [0.2, 0.25) is 17.7 Å². The van der Waals surface area contributed by atoms with Crippen LogP contribution in [0.15, 0.2) is 60.1 Å². The predicted molar refractivity (Wildman–Crippen MR) is 113 cm³/mol. The molecule has 3 aromatic rings. The van der Waals surface area contributed by atoms with Crippen molar-refractivity contribution in [2.45, 2.75) is 12.8 Å². The van der Waals surface area contributed by atoms with Crippen LogP contribution < -0.4 is 15.5 Å². The third-order valence-corrected chi connectivity index (χ3v) is 5.31. The van der Waals surface area contributed by atoms with E-state index in [1.165, 1.54) is 4.90 Å². The Bertz CT molecular complexity index is 1050. The number of hydrogen-bond donors (Lipinski definition) is 2. The van der Waals surface area contributed by atoms with Crippen LogP contribution in [0.5, 0.6) is 0 Å². The number of anilines is 3. The van der Waals surface area contributed by atoms with Gasteiger partial charge in [-0.2, -0.15) is 0 Å². The van der Waals surface area contributed by atoms with E-state index in [1.807, 2.05) is 29.6 Å². The standard InChI is InChI=1S/C21H18N4O3S/c26-18(23-15-7-5-14(6-8-15)21-22-11-12-29-21)9-10-20(28)25-13-19(27)24-16-3-1-2-4-17(16)25/h1-8,11-12H,9-10,13H2,(H,23,26)(H,24,27). The smallest absolute Gasteiger partial charge is 0.244 e. The number of para-hydroxylation sites is 2. The fourth-order valence-electron chi connectivity index (χ4n) is 3.10. The summed E-state index contributed by atoms with van der Waals surface area (Å²) in [6.45, 7) is -0.0459. The number of thiazole rings is 1. The van der Waals surface area contributed by atoms with Crippen LogP contribution in [0, 0.1) is 0 Å². The van der Waals surface area contributed by atoms with Crippen LogP contribution in [0.3, 0.4) is 0 Å². The van der Waals surface area contributed by atoms with Crippen molar-refractivity contribution in [1.82, 2.24) is 4.98 Å². The van der Waals surface area contributed by atoms with Crippen LogP contribution in [-0.2, 0) is 14.4 Å². The summed E-state index contributed by atoms with van der Waals surface area (Å²) in [4.78, 5) is 42.4. The number of fused-ring (bicyclic) bond motifs is 1. The summed E-state index contributed by atoms with van der Waals surface area (Å²) in [5.74, 6) is -0.765. The molecule has 0 radical (unpaired) electrons. The first kappa shape index (κ1) is 18.8. The maximum absolute atomic E-state index is 12.6. The molecule has 1 aromatic heterocycles. The lowest BCUT2D eigenvalue weighted by Gasteiger charge is -2.29. The van der Waals surface area contributed by atoms with Gasteiger partial charge in [-0.1, -0.05) is 12.1 Å². The van der Waals surface area contributed by atoms with E-state index in [2.05, 4.69) is 15.6 Å². The maximum atomic E-state index is 12.6. The highest BCUT2D eigenvalue weighted by atomic mass is 32.1. The molecule has 0 fully saturated rings. The molecule has 0 unspecified atom stereocenters. The fourth-order valence-corrected chi connectivity index (χ4v) is 3.74. The summed E-state index contributed by atoms with van der Waals surface area (Å²) in [5.41, 5.74) is 2.89. The average Bonchev–Trinajstić information content (AvgIpc) is 3.27. The Balaban J connectivity index is 1.34. The van der Waals surface area contributed by atoms with Crippen molar-refractivity contribution in [2.24, 2.45) is 0 Å². The fraction of sp³-hybridized carbons (Fsp3) is 0.143. The number of carbonyl (C=O) groups excluding carboxylic acids is 3. The lowest BCUT2D eigenvalue weighted by atomic mass is 10.1. The first-order valence-corrected chi connectivity index (χ1v) is 9.97. The minimum absolute atomic E-state index is 0.0185. The quantitative estimate of drug-likeness (QED) is 0.678. The lowest BCUT2D eigenvalue weighted by Crippen LogP contribution is -2.42. The van der Waals surface area contributed by atoms with Crippen molar-refractivity contribution in [3.8, 4) is 10.6 Å². The summed E-state index contributed by atoms with van der Waals surface area (Å²) < 4.78 is 0. The van der Waals surface area contributed by atoms with Gasteiger partial charge in [-0.3, -0.25) is 14.4 Å². The summed E-state index contributed by atoms with van der Waals surface area (Å²) in [6.07, 6.45) is 1.80. The Morgan fingerprint density at radius 2 is 1.90 bits per heavy atom. The molecular weight excluding hydrogens is 388 g/mol. The predicted octanol–water partition coefficient (Wildman–Crippen LogP) is 3.51. The van der Waals surface area contributed by atoms with Gasteiger partial charge in [0, 0.05) is 35.7 Å². The van der Waals surface area contributed by atoms with Crippen molar-refractivity contribution < 1.29 is 14.4 Å². The first-order chi connectivity index (χ1) is 14.1. The van der Waals surface area contributed by atoms with Crippen LogP contribution in [0.4, 0.5) is 17.1 Å². The van der Waals surface area contributed by atoms with Gasteiger partial charge in [0.25, 0.3) is 0 Å². The molecule has 4 rings (SSSR count). The number of carbonyl (C=O) groups is 3. The van der Waals surface area contributed by atoms with Gasteiger partial charge in [-0.05, 0) is 36.4 Å². The van der Waals surface area contributed by atoms with Gasteiger partial charge in [0.1, 0.15) is 11.6 Å². The second kappa shape index (κ2) is 8.24. The minimum Gasteiger partial charge on any atom is -0.326 e. The molecule has 146 valence electrons. The molecule has 1 aliphatic rings. The zero-order valence-corrected chi connectivity index (χ0v) is 16.2. The van der Waals surface area contributed by atoms with Gasteiger partial charge in [0.15, 0.2) is 0 Å². The first-order valence-electron chi connectivity index (χ1n) is 9.09. The van der Waals surface area contributed by atoms with Gasteiger partial charge >= 0.3 is 0 Å². The molecule has 2 aromatic carbocycles. The van der Waals surface area contributed by atoms with Crippen LogP contribution in [0.25, 0.3) is 10.6 Å². The van der Waals surface area contributed by atoms with Gasteiger partial charge in [0.05, 0.1) is 11.4 Å². The van der Waals surface area contributed by atoms with E-state index >= 15 is 0 Å². The van der Waals surface area contributed by atoms with E-state index in [0.29, 0.717) is 17.1 Å². The molecule has 3 amide bonds. The largest absolute Gasteiger partial charge is 0.326 e. The number of hydrogen-bond acceptors (Lipinski definition) is 5. The number of rotatable bonds is 5. The topological polar surface area (TPSA) is 91.4 Å². The van der Waals surface area contributed by atoms with E-state index in [9.17, 15) is 14.4 Å². The number of benzene rings is 2. The van der Waals surface area contributed by atoms with Gasteiger partial charge in [-0.15, -0.1) is 11.3 Å². The Hall–Kier alpha value is -3.52. The van der Waals surface area contributed by atoms with Gasteiger partial charge < -0.3 is 15.5 Å². The Labute approximate surface area is 171 Å². The second-order valence-corrected chi connectivity index (χ2v) is 7.40. The average molecular weight is 406 g/mol. The van der Waals surface area contributed by atoms with Crippen molar-refractivity contribution in [3.63, 3.8) is 0 Å². The zero-order chi connectivity index (χ0) is 20.2. The third kappa shape index (κ3) is 4.33. The van der Waals surface area contributed by atoms with Gasteiger partial charge in [-0.25, -0.2) is 4.98 Å². The molecule has 0 spiro atoms. The maximum Gasteiger partial charge on any atom is 0.244 e. The highest BCUT2D eigenvalue weighted by Crippen LogP contribution is 2.29. The molecule has 0 aliphatic carbocycles. The van der Waals surface area contributed by atoms with E-state index in [1.54, 1.807) is 41.8 Å². The molecule has 29 heavy (non-hydrogen) atoms. The van der Waals surface area contributed by atoms with E-state index in [4.69, 9.17) is 0 Å². The molecule has 0 atom stereocenters. The molecule has 1 aliphatic heterocycles. The van der Waals surface area contributed by atoms with E-state index in [0.717, 1.165) is 10.6 Å². The Morgan fingerprint density at radius 3 is 2.66 bits per heavy atom. The summed E-state index contributed by atoms with van der Waals surface area (Å²) in [6, 6.07) is 14.5. The number of amides is 3. The van der Waals surface area contributed by atoms with E-state index < -0.39 is 0 Å². The molecule has 0 saturated heterocycles. The summed E-state index contributed by atoms with van der Waals surface area (Å²) >= 11 is 1.55. The Morgan fingerprint density at radius 1 is 1.10 bits per heavy atom. The number of nitrogens with one attached hydrogen (secondary N) is 2. The second-order valence-electron chi connectivity index (χ2n) is 6.51. The minimum atomic E-state index is -0.262. The van der Waals surface area contributed by atoms with Crippen LogP contribution in [-0.4, -0.2) is 29.3 Å². The lowest BCUT2D eigenvalue weighted by molar-refractivity contribution is -0.124. The van der Waals surface area contributed by atoms with E-state index in [-0.39, 0.29) is 37.1 Å². The molecule has 0 bridgehead atoms. The molecule has 7 nitrogen and oxygen atoms in total. The highest BCUT2D eigenvalue weighted by Gasteiger charge is 2.26. The van der Waals surface area contributed by atoms with Crippen molar-refractivity contribution in [2.75, 3.05) is 22.1 Å². The zero-order valence-electron chi connectivity index (χ0n) is 15.4. The van der Waals surface area contributed by atoms with Crippen molar-refractivity contribution >= 4 is 46.1 Å². The monoisotopic (exact) mass is 406 g/mol. The SMILES string of the molecule is O=C(CCC(=O)N1CC(=O)Nc2ccccc21)Nc1ccc(-c2nccs2)cc1. The molecule has 0 saturated carbocycles. The molecular formula is C21H18N4O3S. The number of aromatic nitrogens is 1. The third-order valence-electron chi connectivity index (χ3n) is 4.49. The van der Waals surface area contributed by atoms with Crippen LogP contribution in [0.2, 0.25) is 0 Å². The number of nitrogens with zero attached hydrogens (tertiary/aromatic N) is 2. The van der Waals surface area contributed by atoms with Crippen LogP contribution in [0.1, 0.15) is 12.8 Å². The Kier molecular flexibility index (Phi) is 5.35. The summed E-state index contributed by atoms with van der Waals surface area (Å²) in [7, 11) is 0. The molecule has 2 N–H and O–H groups in total. The molecule has 8 heteroatoms. The highest BCUT2D eigenvalue weighted by molar-refractivity contribution is 7.13. The summed E-state index contributed by atoms with van der Waals surface area (Å²) in [5, 5.41) is 8.36. The normalized spacial score (nSPS) is 12.8. The van der Waals surface area contributed by atoms with Crippen LogP contribution >= 0.6 is 11.3 Å². The molecule has 2 heterocycles.